The molecule has 1 unspecified atom stereocenters. The van der Waals surface area contributed by atoms with Gasteiger partial charge in [0, 0.05) is 18.1 Å². The molecule has 0 radical (unpaired) electrons. The van der Waals surface area contributed by atoms with Crippen LogP contribution >= 0.6 is 15.9 Å². The molecule has 2 N–H and O–H groups in total. The molecule has 0 aliphatic heterocycles. The van der Waals surface area contributed by atoms with E-state index in [2.05, 4.69) is 36.9 Å². The van der Waals surface area contributed by atoms with Crippen molar-refractivity contribution < 1.29 is 18.7 Å². The lowest BCUT2D eigenvalue weighted by molar-refractivity contribution is -0.128. The van der Waals surface area contributed by atoms with Gasteiger partial charge in [0.1, 0.15) is 0 Å². The number of amides is 2. The van der Waals surface area contributed by atoms with E-state index in [4.69, 9.17) is 4.74 Å². The van der Waals surface area contributed by atoms with Crippen LogP contribution in [0.1, 0.15) is 35.9 Å². The third-order valence-electron chi connectivity index (χ3n) is 4.72. The highest BCUT2D eigenvalue weighted by Gasteiger charge is 2.45. The molecule has 10 heteroatoms. The number of nitrogens with one attached hydrogen (secondary N) is 2. The first-order valence-electron chi connectivity index (χ1n) is 8.79. The Morgan fingerprint density at radius 3 is 2.71 bits per heavy atom. The van der Waals surface area contributed by atoms with Gasteiger partial charge in [-0.05, 0) is 44.9 Å². The standard InChI is InChI=1S/C18H21BrFN5O3/c1-10-15(23-24-25(10)3)17(27)21-9-18(6-7-18)22-16(26)11(2)28-14-5-4-12(19)8-13(14)20/h4-5,8,11H,6-7,9H2,1-3H3,(H,21,27)(H,22,26). The molecule has 1 fully saturated rings. The van der Waals surface area contributed by atoms with Crippen molar-refractivity contribution in [1.29, 1.82) is 0 Å². The van der Waals surface area contributed by atoms with Crippen molar-refractivity contribution in [3.8, 4) is 5.75 Å². The summed E-state index contributed by atoms with van der Waals surface area (Å²) < 4.78 is 21.4. The highest BCUT2D eigenvalue weighted by Crippen LogP contribution is 2.35. The molecule has 1 saturated carbocycles. The van der Waals surface area contributed by atoms with Crippen molar-refractivity contribution in [2.75, 3.05) is 6.54 Å². The number of rotatable bonds is 7. The molecule has 1 aromatic carbocycles. The topological polar surface area (TPSA) is 98.1 Å². The summed E-state index contributed by atoms with van der Waals surface area (Å²) in [5.74, 6) is -1.26. The van der Waals surface area contributed by atoms with Crippen LogP contribution in [0.5, 0.6) is 5.75 Å². The summed E-state index contributed by atoms with van der Waals surface area (Å²) in [6.45, 7) is 3.57. The van der Waals surface area contributed by atoms with Crippen LogP contribution in [0.3, 0.4) is 0 Å². The van der Waals surface area contributed by atoms with Gasteiger partial charge in [-0.2, -0.15) is 0 Å². The summed E-state index contributed by atoms with van der Waals surface area (Å²) in [6, 6.07) is 4.36. The van der Waals surface area contributed by atoms with Gasteiger partial charge in [-0.1, -0.05) is 21.1 Å². The molecule has 150 valence electrons. The van der Waals surface area contributed by atoms with Crippen LogP contribution in [0.25, 0.3) is 0 Å². The minimum absolute atomic E-state index is 0.00197. The van der Waals surface area contributed by atoms with E-state index in [1.807, 2.05) is 0 Å². The van der Waals surface area contributed by atoms with Crippen molar-refractivity contribution >= 4 is 27.7 Å². The number of carbonyl (C=O) groups is 2. The highest BCUT2D eigenvalue weighted by atomic mass is 79.9. The number of aromatic nitrogens is 3. The van der Waals surface area contributed by atoms with Crippen LogP contribution in [-0.2, 0) is 11.8 Å². The van der Waals surface area contributed by atoms with E-state index in [0.717, 1.165) is 12.8 Å². The third kappa shape index (κ3) is 4.49. The molecule has 2 aromatic rings. The Morgan fingerprint density at radius 1 is 1.43 bits per heavy atom. The average Bonchev–Trinajstić information content (AvgIpc) is 3.33. The molecule has 0 saturated heterocycles. The van der Waals surface area contributed by atoms with E-state index in [9.17, 15) is 14.0 Å². The predicted octanol–water partition coefficient (Wildman–Crippen LogP) is 1.87. The summed E-state index contributed by atoms with van der Waals surface area (Å²) in [4.78, 5) is 24.7. The van der Waals surface area contributed by atoms with Gasteiger partial charge in [0.25, 0.3) is 11.8 Å². The maximum atomic E-state index is 13.9. The zero-order valence-electron chi connectivity index (χ0n) is 15.8. The van der Waals surface area contributed by atoms with Crippen LogP contribution in [0.4, 0.5) is 4.39 Å². The minimum Gasteiger partial charge on any atom is -0.478 e. The normalized spacial score (nSPS) is 15.6. The van der Waals surface area contributed by atoms with Crippen LogP contribution in [-0.4, -0.2) is 45.0 Å². The Balaban J connectivity index is 1.54. The Morgan fingerprint density at radius 2 is 2.14 bits per heavy atom. The average molecular weight is 454 g/mol. The molecule has 3 rings (SSSR count). The van der Waals surface area contributed by atoms with E-state index in [-0.39, 0.29) is 29.8 Å². The number of hydrogen-bond acceptors (Lipinski definition) is 5. The van der Waals surface area contributed by atoms with Crippen LogP contribution < -0.4 is 15.4 Å². The summed E-state index contributed by atoms with van der Waals surface area (Å²) in [5, 5.41) is 13.3. The fraction of sp³-hybridized carbons (Fsp3) is 0.444. The first-order chi connectivity index (χ1) is 13.2. The predicted molar refractivity (Wildman–Crippen MR) is 102 cm³/mol. The number of nitrogens with zero attached hydrogens (tertiary/aromatic N) is 3. The maximum Gasteiger partial charge on any atom is 0.273 e. The quantitative estimate of drug-likeness (QED) is 0.666. The molecule has 1 atom stereocenters. The van der Waals surface area contributed by atoms with Gasteiger partial charge in [0.2, 0.25) is 0 Å². The van der Waals surface area contributed by atoms with E-state index >= 15 is 0 Å². The molecule has 8 nitrogen and oxygen atoms in total. The largest absolute Gasteiger partial charge is 0.478 e. The van der Waals surface area contributed by atoms with Gasteiger partial charge in [-0.15, -0.1) is 5.10 Å². The maximum absolute atomic E-state index is 13.9. The van der Waals surface area contributed by atoms with Gasteiger partial charge in [-0.3, -0.25) is 14.3 Å². The summed E-state index contributed by atoms with van der Waals surface area (Å²) in [5.41, 5.74) is 0.399. The van der Waals surface area contributed by atoms with Crippen molar-refractivity contribution in [2.45, 2.75) is 38.3 Å². The SMILES string of the molecule is Cc1c(C(=O)NCC2(NC(=O)C(C)Oc3ccc(Br)cc3F)CC2)nnn1C. The van der Waals surface area contributed by atoms with Gasteiger partial charge >= 0.3 is 0 Å². The van der Waals surface area contributed by atoms with Gasteiger partial charge in [0.15, 0.2) is 23.4 Å². The molecule has 0 bridgehead atoms. The number of benzene rings is 1. The summed E-state index contributed by atoms with van der Waals surface area (Å²) >= 11 is 3.17. The lowest BCUT2D eigenvalue weighted by Gasteiger charge is -2.21. The Bertz CT molecular complexity index is 913. The molecule has 2 amide bonds. The third-order valence-corrected chi connectivity index (χ3v) is 5.21. The van der Waals surface area contributed by atoms with E-state index < -0.39 is 17.5 Å². The second kappa shape index (κ2) is 7.86. The fourth-order valence-corrected chi connectivity index (χ4v) is 2.96. The van der Waals surface area contributed by atoms with Gasteiger partial charge in [0.05, 0.1) is 11.2 Å². The highest BCUT2D eigenvalue weighted by molar-refractivity contribution is 9.10. The fourth-order valence-electron chi connectivity index (χ4n) is 2.62. The molecular formula is C18H21BrFN5O3. The second-order valence-corrected chi connectivity index (χ2v) is 7.85. The zero-order valence-corrected chi connectivity index (χ0v) is 17.3. The number of ether oxygens (including phenoxy) is 1. The van der Waals surface area contributed by atoms with Gasteiger partial charge in [-0.25, -0.2) is 4.39 Å². The number of carbonyl (C=O) groups excluding carboxylic acids is 2. The Hall–Kier alpha value is -2.49. The molecule has 1 aliphatic carbocycles. The smallest absolute Gasteiger partial charge is 0.273 e. The number of halogens is 2. The van der Waals surface area contributed by atoms with Crippen molar-refractivity contribution in [3.05, 3.63) is 39.9 Å². The lowest BCUT2D eigenvalue weighted by atomic mass is 10.2. The van der Waals surface area contributed by atoms with Gasteiger partial charge < -0.3 is 15.4 Å². The van der Waals surface area contributed by atoms with Crippen molar-refractivity contribution in [1.82, 2.24) is 25.6 Å². The zero-order chi connectivity index (χ0) is 20.5. The molecule has 1 heterocycles. The van der Waals surface area contributed by atoms with Crippen LogP contribution in [0.2, 0.25) is 0 Å². The lowest BCUT2D eigenvalue weighted by Crippen LogP contribution is -2.49. The first kappa shape index (κ1) is 20.2. The monoisotopic (exact) mass is 453 g/mol. The minimum atomic E-state index is -0.883. The Labute approximate surface area is 169 Å². The molecule has 28 heavy (non-hydrogen) atoms. The van der Waals surface area contributed by atoms with E-state index in [1.165, 1.54) is 16.8 Å². The van der Waals surface area contributed by atoms with Crippen molar-refractivity contribution in [2.24, 2.45) is 7.05 Å². The number of hydrogen-bond donors (Lipinski definition) is 2. The molecule has 1 aliphatic rings. The molecule has 0 spiro atoms. The molecular weight excluding hydrogens is 433 g/mol. The molecule has 1 aromatic heterocycles. The summed E-state index contributed by atoms with van der Waals surface area (Å²) in [6.07, 6.45) is 0.585. The first-order valence-corrected chi connectivity index (χ1v) is 9.58. The van der Waals surface area contributed by atoms with Crippen LogP contribution in [0.15, 0.2) is 22.7 Å². The number of aryl methyl sites for hydroxylation is 1. The van der Waals surface area contributed by atoms with E-state index in [1.54, 1.807) is 27.0 Å². The Kier molecular flexibility index (Phi) is 5.69. The van der Waals surface area contributed by atoms with E-state index in [0.29, 0.717) is 10.2 Å². The van der Waals surface area contributed by atoms with Crippen molar-refractivity contribution in [3.63, 3.8) is 0 Å². The summed E-state index contributed by atoms with van der Waals surface area (Å²) in [7, 11) is 1.71. The van der Waals surface area contributed by atoms with Crippen LogP contribution in [0, 0.1) is 12.7 Å². The second-order valence-electron chi connectivity index (χ2n) is 6.93.